The highest BCUT2D eigenvalue weighted by Gasteiger charge is 2.54. The molecule has 2 aliphatic rings. The first-order valence-electron chi connectivity index (χ1n) is 12.4. The van der Waals surface area contributed by atoms with Gasteiger partial charge in [0.25, 0.3) is 0 Å². The zero-order valence-corrected chi connectivity index (χ0v) is 23.9. The summed E-state index contributed by atoms with van der Waals surface area (Å²) in [5.74, 6) is -3.68. The molecule has 0 radical (unpaired) electrons. The molecule has 0 aromatic carbocycles. The maximum atomic E-state index is 12.1. The molecule has 8 unspecified atom stereocenters. The van der Waals surface area contributed by atoms with Crippen LogP contribution in [-0.2, 0) is 57.1 Å². The van der Waals surface area contributed by atoms with Crippen LogP contribution in [-0.4, -0.2) is 119 Å². The Morgan fingerprint density at radius 2 is 1.37 bits per heavy atom. The molecule has 2 aliphatic heterocycles. The van der Waals surface area contributed by atoms with Crippen molar-refractivity contribution < 1.29 is 67.3 Å². The molecule has 1 amide bonds. The van der Waals surface area contributed by atoms with Crippen LogP contribution in [0.4, 0.5) is 0 Å². The normalized spacial score (nSPS) is 33.0. The number of aliphatic hydroxyl groups excluding tert-OH is 2. The molecule has 2 fully saturated rings. The molecule has 0 spiro atoms. The minimum Gasteiger partial charge on any atom is -0.463 e. The molecule has 16 nitrogen and oxygen atoms in total. The number of nitriles is 1. The summed E-state index contributed by atoms with van der Waals surface area (Å²) in [6.45, 7) is 4.67. The lowest BCUT2D eigenvalue weighted by Crippen LogP contribution is -2.67. The number of amides is 1. The van der Waals surface area contributed by atoms with Gasteiger partial charge in [0, 0.05) is 34.6 Å². The molecule has 2 rings (SSSR count). The van der Waals surface area contributed by atoms with Gasteiger partial charge in [-0.1, -0.05) is 0 Å². The van der Waals surface area contributed by atoms with Crippen molar-refractivity contribution in [3.8, 4) is 6.07 Å². The third-order valence-electron chi connectivity index (χ3n) is 5.77. The Labute approximate surface area is 239 Å². The quantitative estimate of drug-likeness (QED) is 0.176. The van der Waals surface area contributed by atoms with Gasteiger partial charge in [-0.25, -0.2) is 0 Å². The number of rotatable bonds is 11. The average molecular weight is 607 g/mol. The number of hydrogen-bond donors (Lipinski definition) is 3. The number of nitrogens with one attached hydrogen (secondary N) is 1. The minimum absolute atomic E-state index is 0.0878. The molecule has 2 heterocycles. The SMILES string of the molecule is CC(=O)NC1C(SCC#N)OC(COC(C)=O)C(O)C1O[C@@H]1O[C@@H](COC(C)=O)C(OC(C)=O)C(OC(C)=O)C1O. The molecule has 2 saturated heterocycles. The van der Waals surface area contributed by atoms with Crippen LogP contribution in [0.5, 0.6) is 0 Å². The van der Waals surface area contributed by atoms with Gasteiger partial charge in [-0.05, 0) is 0 Å². The second kappa shape index (κ2) is 15.8. The summed E-state index contributed by atoms with van der Waals surface area (Å²) in [4.78, 5) is 58.7. The molecule has 3 N–H and O–H groups in total. The van der Waals surface area contributed by atoms with Crippen molar-refractivity contribution in [2.75, 3.05) is 19.0 Å². The van der Waals surface area contributed by atoms with Gasteiger partial charge in [-0.15, -0.1) is 11.8 Å². The molecule has 0 aromatic heterocycles. The molecule has 41 heavy (non-hydrogen) atoms. The van der Waals surface area contributed by atoms with Gasteiger partial charge in [0.2, 0.25) is 5.91 Å². The number of ether oxygens (including phenoxy) is 7. The predicted molar refractivity (Wildman–Crippen MR) is 134 cm³/mol. The van der Waals surface area contributed by atoms with E-state index >= 15 is 0 Å². The number of esters is 4. The van der Waals surface area contributed by atoms with Crippen LogP contribution in [0.1, 0.15) is 34.6 Å². The highest BCUT2D eigenvalue weighted by molar-refractivity contribution is 8.00. The van der Waals surface area contributed by atoms with Crippen molar-refractivity contribution in [3.63, 3.8) is 0 Å². The zero-order chi connectivity index (χ0) is 30.9. The van der Waals surface area contributed by atoms with Crippen molar-refractivity contribution in [1.29, 1.82) is 5.26 Å². The largest absolute Gasteiger partial charge is 0.463 e. The third-order valence-corrected chi connectivity index (χ3v) is 6.80. The lowest BCUT2D eigenvalue weighted by molar-refractivity contribution is -0.331. The van der Waals surface area contributed by atoms with E-state index in [1.165, 1.54) is 6.92 Å². The summed E-state index contributed by atoms with van der Waals surface area (Å²) in [5, 5.41) is 34.0. The van der Waals surface area contributed by atoms with Crippen molar-refractivity contribution in [1.82, 2.24) is 5.32 Å². The van der Waals surface area contributed by atoms with Crippen LogP contribution < -0.4 is 5.32 Å². The van der Waals surface area contributed by atoms with E-state index in [1.807, 2.05) is 6.07 Å². The van der Waals surface area contributed by atoms with Crippen LogP contribution in [0, 0.1) is 11.3 Å². The topological polar surface area (TPSA) is 226 Å². The van der Waals surface area contributed by atoms with E-state index < -0.39 is 103 Å². The van der Waals surface area contributed by atoms with E-state index in [-0.39, 0.29) is 5.75 Å². The third kappa shape index (κ3) is 10.1. The highest BCUT2D eigenvalue weighted by Crippen LogP contribution is 2.34. The Morgan fingerprint density at radius 1 is 0.805 bits per heavy atom. The molecule has 0 saturated carbocycles. The molecule has 0 aromatic rings. The lowest BCUT2D eigenvalue weighted by Gasteiger charge is -2.48. The summed E-state index contributed by atoms with van der Waals surface area (Å²) in [6.07, 6.45) is -12.0. The lowest BCUT2D eigenvalue weighted by atomic mass is 9.95. The molecular formula is C24H34N2O14S. The fraction of sp³-hybridized carbons (Fsp3) is 0.750. The standard InChI is InChI=1S/C24H34N2O14S/c1-10(27)26-17-21(18(32)15(8-34-11(2)28)39-24(17)41-7-6-25)40-23-19(33)22(37-14(5)31)20(36-13(4)30)16(38-23)9-35-12(3)29/h15-24,32-33H,7-9H2,1-5H3,(H,26,27)/t15?,16-,17?,18?,19?,20?,21?,22?,23-,24?/m0/s1. The number of carbonyl (C=O) groups excluding carboxylic acids is 5. The van der Waals surface area contributed by atoms with E-state index in [9.17, 15) is 34.2 Å². The fourth-order valence-electron chi connectivity index (χ4n) is 4.22. The number of hydrogen-bond acceptors (Lipinski definition) is 16. The Balaban J connectivity index is 2.48. The van der Waals surface area contributed by atoms with Crippen molar-refractivity contribution in [2.45, 2.75) is 95.1 Å². The first kappa shape index (κ1) is 34.2. The Hall–Kier alpha value is -3.01. The second-order valence-electron chi connectivity index (χ2n) is 9.12. The van der Waals surface area contributed by atoms with Gasteiger partial charge in [0.15, 0.2) is 18.5 Å². The zero-order valence-electron chi connectivity index (χ0n) is 23.0. The van der Waals surface area contributed by atoms with E-state index in [1.54, 1.807) is 0 Å². The maximum Gasteiger partial charge on any atom is 0.303 e. The summed E-state index contributed by atoms with van der Waals surface area (Å²) in [5.41, 5.74) is -0.997. The maximum absolute atomic E-state index is 12.1. The second-order valence-corrected chi connectivity index (χ2v) is 10.2. The van der Waals surface area contributed by atoms with Gasteiger partial charge < -0.3 is 48.7 Å². The fourth-order valence-corrected chi connectivity index (χ4v) is 5.11. The van der Waals surface area contributed by atoms with Crippen LogP contribution in [0.25, 0.3) is 0 Å². The molecule has 0 aliphatic carbocycles. The first-order valence-corrected chi connectivity index (χ1v) is 13.5. The first-order chi connectivity index (χ1) is 19.2. The molecule has 230 valence electrons. The van der Waals surface area contributed by atoms with Gasteiger partial charge >= 0.3 is 23.9 Å². The molecular weight excluding hydrogens is 572 g/mol. The van der Waals surface area contributed by atoms with Gasteiger partial charge in [-0.3, -0.25) is 24.0 Å². The minimum atomic E-state index is -1.82. The Bertz CT molecular complexity index is 1010. The van der Waals surface area contributed by atoms with E-state index in [0.717, 1.165) is 39.5 Å². The molecule has 10 atom stereocenters. The molecule has 0 bridgehead atoms. The van der Waals surface area contributed by atoms with E-state index in [4.69, 9.17) is 38.4 Å². The van der Waals surface area contributed by atoms with Crippen molar-refractivity contribution >= 4 is 41.5 Å². The van der Waals surface area contributed by atoms with Crippen LogP contribution in [0.2, 0.25) is 0 Å². The Kier molecular flexibility index (Phi) is 13.2. The van der Waals surface area contributed by atoms with Crippen LogP contribution >= 0.6 is 11.8 Å². The monoisotopic (exact) mass is 606 g/mol. The van der Waals surface area contributed by atoms with E-state index in [2.05, 4.69) is 5.32 Å². The Morgan fingerprint density at radius 3 is 1.88 bits per heavy atom. The number of thioether (sulfide) groups is 1. The number of nitrogens with zero attached hydrogens (tertiary/aromatic N) is 1. The van der Waals surface area contributed by atoms with Crippen molar-refractivity contribution in [2.24, 2.45) is 0 Å². The summed E-state index contributed by atoms with van der Waals surface area (Å²) in [7, 11) is 0. The summed E-state index contributed by atoms with van der Waals surface area (Å²) < 4.78 is 38.1. The van der Waals surface area contributed by atoms with Gasteiger partial charge in [-0.2, -0.15) is 5.26 Å². The smallest absolute Gasteiger partial charge is 0.303 e. The summed E-state index contributed by atoms with van der Waals surface area (Å²) in [6, 6.07) is 0.798. The highest BCUT2D eigenvalue weighted by atomic mass is 32.2. The van der Waals surface area contributed by atoms with E-state index in [0.29, 0.717) is 0 Å². The van der Waals surface area contributed by atoms with Gasteiger partial charge in [0.1, 0.15) is 49.2 Å². The van der Waals surface area contributed by atoms with Crippen molar-refractivity contribution in [3.05, 3.63) is 0 Å². The number of aliphatic hydroxyl groups is 2. The summed E-state index contributed by atoms with van der Waals surface area (Å²) >= 11 is 0.965. The van der Waals surface area contributed by atoms with Gasteiger partial charge in [0.05, 0.1) is 17.9 Å². The average Bonchev–Trinajstić information content (AvgIpc) is 2.86. The number of carbonyl (C=O) groups is 5. The van der Waals surface area contributed by atoms with Crippen LogP contribution in [0.15, 0.2) is 0 Å². The predicted octanol–water partition coefficient (Wildman–Crippen LogP) is -1.71. The van der Waals surface area contributed by atoms with Crippen LogP contribution in [0.3, 0.4) is 0 Å². The molecule has 17 heteroatoms.